The number of hydrogen-bond donors (Lipinski definition) is 1. The quantitative estimate of drug-likeness (QED) is 0.621. The summed E-state index contributed by atoms with van der Waals surface area (Å²) in [7, 11) is 1.06. The van der Waals surface area contributed by atoms with Crippen LogP contribution in [0.1, 0.15) is 31.9 Å². The first kappa shape index (κ1) is 19.9. The number of carbonyl (C=O) groups excluding carboxylic acids is 1. The van der Waals surface area contributed by atoms with Crippen LogP contribution in [-0.2, 0) is 17.1 Å². The summed E-state index contributed by atoms with van der Waals surface area (Å²) in [5, 5.41) is 0.650. The molecule has 1 amide bonds. The van der Waals surface area contributed by atoms with Crippen molar-refractivity contribution in [2.75, 3.05) is 12.1 Å². The van der Waals surface area contributed by atoms with Crippen LogP contribution in [0.15, 0.2) is 18.2 Å². The second-order valence-corrected chi connectivity index (χ2v) is 5.90. The summed E-state index contributed by atoms with van der Waals surface area (Å²) < 4.78 is 81.9. The fraction of sp³-hybridized carbons (Fsp3) is 0.500. The highest BCUT2D eigenvalue weighted by molar-refractivity contribution is 5.71. The van der Waals surface area contributed by atoms with Crippen molar-refractivity contribution in [1.29, 1.82) is 0 Å². The third kappa shape index (κ3) is 5.50. The lowest BCUT2D eigenvalue weighted by molar-refractivity contribution is -0.142. The molecular weight excluding hydrogens is 342 g/mol. The third-order valence-electron chi connectivity index (χ3n) is 2.65. The second-order valence-electron chi connectivity index (χ2n) is 5.90. The molecule has 0 aliphatic rings. The van der Waals surface area contributed by atoms with Crippen LogP contribution in [0.4, 0.5) is 36.8 Å². The highest BCUT2D eigenvalue weighted by Gasteiger charge is 2.39. The molecule has 0 aliphatic carbocycles. The Morgan fingerprint density at radius 3 is 2.00 bits per heavy atom. The van der Waals surface area contributed by atoms with Gasteiger partial charge in [-0.25, -0.2) is 10.2 Å². The number of alkyl halides is 6. The van der Waals surface area contributed by atoms with E-state index in [0.29, 0.717) is 17.1 Å². The first-order valence-electron chi connectivity index (χ1n) is 6.63. The number of benzene rings is 1. The molecule has 1 N–H and O–H groups in total. The van der Waals surface area contributed by atoms with Crippen molar-refractivity contribution in [2.45, 2.75) is 38.7 Å². The van der Waals surface area contributed by atoms with Crippen molar-refractivity contribution >= 4 is 11.8 Å². The molecule has 1 aromatic rings. The van der Waals surface area contributed by atoms with Gasteiger partial charge in [-0.3, -0.25) is 5.01 Å². The Morgan fingerprint density at radius 1 is 1.04 bits per heavy atom. The molecule has 0 bridgehead atoms. The Bertz CT molecular complexity index is 605. The normalized spacial score (nSPS) is 12.8. The number of carbonyl (C=O) groups is 1. The molecule has 136 valence electrons. The fourth-order valence-electron chi connectivity index (χ4n) is 1.73. The van der Waals surface area contributed by atoms with E-state index >= 15 is 0 Å². The van der Waals surface area contributed by atoms with Gasteiger partial charge in [-0.2, -0.15) is 26.3 Å². The topological polar surface area (TPSA) is 41.6 Å². The van der Waals surface area contributed by atoms with Crippen LogP contribution < -0.4 is 10.4 Å². The summed E-state index contributed by atoms with van der Waals surface area (Å²) in [5.74, 6) is 0. The molecule has 0 heterocycles. The Morgan fingerprint density at radius 2 is 1.58 bits per heavy atom. The van der Waals surface area contributed by atoms with E-state index in [1.165, 1.54) is 0 Å². The number of hydrogen-bond acceptors (Lipinski definition) is 3. The minimum atomic E-state index is -5.04. The van der Waals surface area contributed by atoms with Gasteiger partial charge in [-0.1, -0.05) is 0 Å². The van der Waals surface area contributed by atoms with E-state index < -0.39 is 40.9 Å². The van der Waals surface area contributed by atoms with Crippen molar-refractivity contribution in [3.63, 3.8) is 0 Å². The average Bonchev–Trinajstić information content (AvgIpc) is 2.33. The van der Waals surface area contributed by atoms with Gasteiger partial charge >= 0.3 is 18.4 Å². The van der Waals surface area contributed by atoms with Gasteiger partial charge in [-0.15, -0.1) is 0 Å². The molecule has 0 spiro atoms. The lowest BCUT2D eigenvalue weighted by Gasteiger charge is -2.27. The highest BCUT2D eigenvalue weighted by Crippen LogP contribution is 2.40. The first-order chi connectivity index (χ1) is 10.6. The number of halogens is 6. The van der Waals surface area contributed by atoms with E-state index in [1.807, 2.05) is 5.43 Å². The molecule has 0 radical (unpaired) electrons. The zero-order valence-electron chi connectivity index (χ0n) is 13.3. The monoisotopic (exact) mass is 358 g/mol. The molecular formula is C14H16F6N2O2. The summed E-state index contributed by atoms with van der Waals surface area (Å²) in [6, 6.07) is 1.11. The van der Waals surface area contributed by atoms with Crippen molar-refractivity contribution in [1.82, 2.24) is 5.43 Å². The first-order valence-corrected chi connectivity index (χ1v) is 6.63. The zero-order chi connectivity index (χ0) is 18.9. The van der Waals surface area contributed by atoms with Gasteiger partial charge < -0.3 is 4.74 Å². The molecule has 1 aromatic carbocycles. The van der Waals surface area contributed by atoms with Gasteiger partial charge in [0, 0.05) is 7.05 Å². The number of nitrogens with one attached hydrogen (secondary N) is 1. The number of ether oxygens (including phenoxy) is 1. The molecule has 0 atom stereocenters. The van der Waals surface area contributed by atoms with Crippen LogP contribution in [0.2, 0.25) is 0 Å². The van der Waals surface area contributed by atoms with E-state index in [4.69, 9.17) is 4.74 Å². The molecule has 0 aliphatic heterocycles. The minimum Gasteiger partial charge on any atom is -0.443 e. The SMILES string of the molecule is CN(NC(=O)OC(C)(C)C)c1ccc(C(F)(F)F)cc1C(F)(F)F. The molecule has 1 rings (SSSR count). The van der Waals surface area contributed by atoms with Crippen LogP contribution in [0.3, 0.4) is 0 Å². The van der Waals surface area contributed by atoms with Gasteiger partial charge in [0.2, 0.25) is 0 Å². The molecule has 0 saturated heterocycles. The van der Waals surface area contributed by atoms with Crippen molar-refractivity contribution in [2.24, 2.45) is 0 Å². The molecule has 0 saturated carbocycles. The molecule has 24 heavy (non-hydrogen) atoms. The molecule has 4 nitrogen and oxygen atoms in total. The second kappa shape index (κ2) is 6.40. The lowest BCUT2D eigenvalue weighted by atomic mass is 10.1. The summed E-state index contributed by atoms with van der Waals surface area (Å²) in [5.41, 5.74) is -2.50. The van der Waals surface area contributed by atoms with Crippen LogP contribution in [-0.4, -0.2) is 18.7 Å². The smallest absolute Gasteiger partial charge is 0.426 e. The zero-order valence-corrected chi connectivity index (χ0v) is 13.3. The van der Waals surface area contributed by atoms with Crippen LogP contribution >= 0.6 is 0 Å². The maximum atomic E-state index is 13.0. The largest absolute Gasteiger partial charge is 0.443 e. The Kier molecular flexibility index (Phi) is 5.31. The van der Waals surface area contributed by atoms with Crippen LogP contribution in [0, 0.1) is 0 Å². The number of hydrazine groups is 1. The number of nitrogens with zero attached hydrogens (tertiary/aromatic N) is 1. The summed E-state index contributed by atoms with van der Waals surface area (Å²) in [6.07, 6.45) is -11.0. The Labute approximate surface area is 134 Å². The number of rotatable bonds is 2. The van der Waals surface area contributed by atoms with Crippen LogP contribution in [0.5, 0.6) is 0 Å². The van der Waals surface area contributed by atoms with E-state index in [-0.39, 0.29) is 6.07 Å². The molecule has 0 unspecified atom stereocenters. The van der Waals surface area contributed by atoms with Gasteiger partial charge in [0.15, 0.2) is 0 Å². The van der Waals surface area contributed by atoms with Crippen molar-refractivity contribution in [3.8, 4) is 0 Å². The van der Waals surface area contributed by atoms with Crippen LogP contribution in [0.25, 0.3) is 0 Å². The maximum Gasteiger partial charge on any atom is 0.426 e. The van der Waals surface area contributed by atoms with E-state index in [1.54, 1.807) is 20.8 Å². The number of amides is 1. The standard InChI is InChI=1S/C14H16F6N2O2/c1-12(2,3)24-11(23)21-22(4)10-6-5-8(13(15,16)17)7-9(10)14(18,19)20/h5-7H,1-4H3,(H,21,23). The highest BCUT2D eigenvalue weighted by atomic mass is 19.4. The average molecular weight is 358 g/mol. The number of anilines is 1. The fourth-order valence-corrected chi connectivity index (χ4v) is 1.73. The van der Waals surface area contributed by atoms with Crippen molar-refractivity contribution < 1.29 is 35.9 Å². The minimum absolute atomic E-state index is 0.0113. The molecule has 10 heteroatoms. The molecule has 0 fully saturated rings. The van der Waals surface area contributed by atoms with Gasteiger partial charge in [0.25, 0.3) is 0 Å². The van der Waals surface area contributed by atoms with Gasteiger partial charge in [-0.05, 0) is 39.0 Å². The van der Waals surface area contributed by atoms with E-state index in [9.17, 15) is 31.1 Å². The van der Waals surface area contributed by atoms with Gasteiger partial charge in [0.1, 0.15) is 5.60 Å². The van der Waals surface area contributed by atoms with Gasteiger partial charge in [0.05, 0.1) is 16.8 Å². The predicted octanol–water partition coefficient (Wildman–Crippen LogP) is 4.60. The summed E-state index contributed by atoms with van der Waals surface area (Å²) in [6.45, 7) is 4.64. The lowest BCUT2D eigenvalue weighted by Crippen LogP contribution is -2.43. The molecule has 0 aromatic heterocycles. The Balaban J connectivity index is 3.16. The van der Waals surface area contributed by atoms with E-state index in [0.717, 1.165) is 7.05 Å². The predicted molar refractivity (Wildman–Crippen MR) is 74.2 cm³/mol. The summed E-state index contributed by atoms with van der Waals surface area (Å²) in [4.78, 5) is 11.6. The third-order valence-corrected chi connectivity index (χ3v) is 2.65. The van der Waals surface area contributed by atoms with Crippen molar-refractivity contribution in [3.05, 3.63) is 29.3 Å². The summed E-state index contributed by atoms with van der Waals surface area (Å²) >= 11 is 0. The Hall–Kier alpha value is -2.13. The maximum absolute atomic E-state index is 13.0. The van der Waals surface area contributed by atoms with E-state index in [2.05, 4.69) is 0 Å².